The second-order valence-corrected chi connectivity index (χ2v) is 15.9. The van der Waals surface area contributed by atoms with Crippen LogP contribution in [0.1, 0.15) is 0 Å². The monoisotopic (exact) mass is 744 g/mol. The molecule has 0 N–H and O–H groups in total. The third kappa shape index (κ3) is 4.16. The highest BCUT2D eigenvalue weighted by molar-refractivity contribution is 7.17. The molecule has 0 aliphatic carbocycles. The lowest BCUT2D eigenvalue weighted by Crippen LogP contribution is -1.97. The van der Waals surface area contributed by atoms with Crippen LogP contribution in [0.2, 0.25) is 0 Å². The Labute approximate surface area is 330 Å². The van der Waals surface area contributed by atoms with Gasteiger partial charge in [0.2, 0.25) is 0 Å². The second kappa shape index (κ2) is 11.6. The molecular weight excluding hydrogens is 713 g/mol. The Morgan fingerprint density at radius 1 is 0.228 bits per heavy atom. The lowest BCUT2D eigenvalue weighted by Gasteiger charge is -2.12. The van der Waals surface area contributed by atoms with Crippen molar-refractivity contribution in [2.24, 2.45) is 0 Å². The maximum Gasteiger partial charge on any atom is 0.102 e. The molecule has 5 heterocycles. The molecule has 5 heteroatoms. The number of thiophene rings is 1. The fourth-order valence-corrected chi connectivity index (χ4v) is 10.8. The molecule has 13 aromatic rings. The molecule has 0 fully saturated rings. The van der Waals surface area contributed by atoms with Crippen LogP contribution in [-0.4, -0.2) is 18.3 Å². The summed E-state index contributed by atoms with van der Waals surface area (Å²) in [6.45, 7) is 0. The van der Waals surface area contributed by atoms with Crippen molar-refractivity contribution < 1.29 is 0 Å². The van der Waals surface area contributed by atoms with Crippen molar-refractivity contribution in [2.45, 2.75) is 0 Å². The molecule has 0 atom stereocenters. The smallest absolute Gasteiger partial charge is 0.102 e. The minimum absolute atomic E-state index is 1.16. The second-order valence-electron chi connectivity index (χ2n) is 14.9. The van der Waals surface area contributed by atoms with Crippen LogP contribution in [0.4, 0.5) is 0 Å². The Hall–Kier alpha value is -7.34. The molecule has 0 spiro atoms. The Kier molecular flexibility index (Phi) is 6.29. The third-order valence-corrected chi connectivity index (χ3v) is 13.0. The number of fused-ring (bicyclic) bond motifs is 14. The van der Waals surface area contributed by atoms with Gasteiger partial charge in [0.1, 0.15) is 10.0 Å². The third-order valence-electron chi connectivity index (χ3n) is 12.0. The van der Waals surface area contributed by atoms with Crippen LogP contribution in [0.3, 0.4) is 0 Å². The molecular formula is C52H32N4S. The van der Waals surface area contributed by atoms with E-state index in [2.05, 4.69) is 212 Å². The largest absolute Gasteiger partial charge is 0.307 e. The highest BCUT2D eigenvalue weighted by atomic mass is 32.1. The highest BCUT2D eigenvalue weighted by Crippen LogP contribution is 2.45. The number of hydrogen-bond donors (Lipinski definition) is 0. The predicted molar refractivity (Wildman–Crippen MR) is 242 cm³/mol. The van der Waals surface area contributed by atoms with Gasteiger partial charge in [0.25, 0.3) is 0 Å². The quantitative estimate of drug-likeness (QED) is 0.171. The minimum atomic E-state index is 1.16. The first-order valence-electron chi connectivity index (χ1n) is 19.5. The fourth-order valence-electron chi connectivity index (χ4n) is 9.71. The van der Waals surface area contributed by atoms with E-state index in [1.54, 1.807) is 0 Å². The van der Waals surface area contributed by atoms with Gasteiger partial charge in [-0.25, -0.2) is 0 Å². The summed E-state index contributed by atoms with van der Waals surface area (Å²) in [7, 11) is 0. The zero-order valence-electron chi connectivity index (χ0n) is 30.7. The molecule has 0 aliphatic rings. The van der Waals surface area contributed by atoms with Gasteiger partial charge >= 0.3 is 0 Å². The molecule has 266 valence electrons. The van der Waals surface area contributed by atoms with E-state index in [-0.39, 0.29) is 0 Å². The lowest BCUT2D eigenvalue weighted by atomic mass is 10.1. The van der Waals surface area contributed by atoms with E-state index in [9.17, 15) is 0 Å². The van der Waals surface area contributed by atoms with Gasteiger partial charge in [-0.2, -0.15) is 0 Å². The summed E-state index contributed by atoms with van der Waals surface area (Å²) in [6.07, 6.45) is 0. The molecule has 0 saturated heterocycles. The van der Waals surface area contributed by atoms with Crippen molar-refractivity contribution in [1.29, 1.82) is 0 Å². The molecule has 0 unspecified atom stereocenters. The van der Waals surface area contributed by atoms with Crippen molar-refractivity contribution in [3.63, 3.8) is 0 Å². The average molecular weight is 745 g/mol. The topological polar surface area (TPSA) is 19.7 Å². The maximum atomic E-state index is 2.52. The molecule has 0 amide bonds. The summed E-state index contributed by atoms with van der Waals surface area (Å²) in [6, 6.07) is 71.0. The van der Waals surface area contributed by atoms with E-state index in [0.29, 0.717) is 0 Å². The van der Waals surface area contributed by atoms with Gasteiger partial charge in [-0.3, -0.25) is 9.13 Å². The average Bonchev–Trinajstić information content (AvgIpc) is 4.09. The van der Waals surface area contributed by atoms with E-state index < -0.39 is 0 Å². The molecule has 8 aromatic carbocycles. The SMILES string of the molecule is c1ccc(-n2c3ccccc3c3ccc4c5ccccc5n(-c5ccc(-n6c7ccccc7c7ccc8c9ccccc9n(-c9ccccc9)c8c76)s5)c4c32)cc1. The summed E-state index contributed by atoms with van der Waals surface area (Å²) >= 11 is 1.85. The van der Waals surface area contributed by atoms with Crippen molar-refractivity contribution in [2.75, 3.05) is 0 Å². The molecule has 13 rings (SSSR count). The van der Waals surface area contributed by atoms with Gasteiger partial charge in [0.15, 0.2) is 0 Å². The summed E-state index contributed by atoms with van der Waals surface area (Å²) in [5.74, 6) is 0. The van der Waals surface area contributed by atoms with Gasteiger partial charge in [0.05, 0.1) is 44.1 Å². The number of rotatable bonds is 4. The van der Waals surface area contributed by atoms with Crippen LogP contribution in [-0.2, 0) is 0 Å². The van der Waals surface area contributed by atoms with Crippen LogP contribution in [0, 0.1) is 0 Å². The molecule has 5 aromatic heterocycles. The normalized spacial score (nSPS) is 12.2. The zero-order chi connectivity index (χ0) is 37.2. The molecule has 57 heavy (non-hydrogen) atoms. The first-order chi connectivity index (χ1) is 28.3. The van der Waals surface area contributed by atoms with E-state index in [0.717, 1.165) is 11.4 Å². The number of hydrogen-bond acceptors (Lipinski definition) is 1. The Morgan fingerprint density at radius 2 is 0.509 bits per heavy atom. The standard InChI is InChI=1S/C52H32N4S/c1-3-15-33(16-4-1)53-43-23-11-7-19-35(43)39-27-29-41-37-21-9-13-25-45(37)55(51(41)49(39)53)47-31-32-48(57-47)56-46-26-14-10-22-38(46)42-30-28-40-36-20-8-12-24-44(36)54(50(40)52(42)56)34-17-5-2-6-18-34/h1-32H. The lowest BCUT2D eigenvalue weighted by molar-refractivity contribution is 1.16. The first kappa shape index (κ1) is 30.9. The van der Waals surface area contributed by atoms with Crippen molar-refractivity contribution in [1.82, 2.24) is 18.3 Å². The number of nitrogens with zero attached hydrogens (tertiary/aromatic N) is 4. The van der Waals surface area contributed by atoms with Gasteiger partial charge in [-0.1, -0.05) is 145 Å². The summed E-state index contributed by atoms with van der Waals surface area (Å²) in [5.41, 5.74) is 12.0. The Balaban J connectivity index is 1.16. The summed E-state index contributed by atoms with van der Waals surface area (Å²) in [5, 5.41) is 12.4. The van der Waals surface area contributed by atoms with Crippen molar-refractivity contribution >= 4 is 98.6 Å². The molecule has 0 radical (unpaired) electrons. The van der Waals surface area contributed by atoms with Crippen LogP contribution < -0.4 is 0 Å². The van der Waals surface area contributed by atoms with Crippen LogP contribution in [0.25, 0.3) is 109 Å². The predicted octanol–water partition coefficient (Wildman–Crippen LogP) is 14.1. The van der Waals surface area contributed by atoms with Gasteiger partial charge in [-0.15, -0.1) is 0 Å². The molecule has 4 nitrogen and oxygen atoms in total. The van der Waals surface area contributed by atoms with Crippen LogP contribution in [0.5, 0.6) is 0 Å². The van der Waals surface area contributed by atoms with E-state index in [4.69, 9.17) is 0 Å². The first-order valence-corrected chi connectivity index (χ1v) is 20.3. The fraction of sp³-hybridized carbons (Fsp3) is 0. The highest BCUT2D eigenvalue weighted by Gasteiger charge is 2.24. The molecule has 0 bridgehead atoms. The molecule has 0 aliphatic heterocycles. The Morgan fingerprint density at radius 3 is 0.860 bits per heavy atom. The number of para-hydroxylation sites is 6. The van der Waals surface area contributed by atoms with Gasteiger partial charge < -0.3 is 9.13 Å². The van der Waals surface area contributed by atoms with Gasteiger partial charge in [-0.05, 0) is 60.7 Å². The van der Waals surface area contributed by atoms with E-state index in [1.807, 2.05) is 11.3 Å². The van der Waals surface area contributed by atoms with E-state index in [1.165, 1.54) is 97.2 Å². The number of benzene rings is 8. The molecule has 0 saturated carbocycles. The van der Waals surface area contributed by atoms with Gasteiger partial charge in [0, 0.05) is 54.5 Å². The maximum absolute atomic E-state index is 2.52. The summed E-state index contributed by atoms with van der Waals surface area (Å²) < 4.78 is 9.96. The Bertz CT molecular complexity index is 3500. The van der Waals surface area contributed by atoms with Crippen molar-refractivity contribution in [3.8, 4) is 21.4 Å². The zero-order valence-corrected chi connectivity index (χ0v) is 31.5. The minimum Gasteiger partial charge on any atom is -0.307 e. The van der Waals surface area contributed by atoms with Crippen molar-refractivity contribution in [3.05, 3.63) is 194 Å². The summed E-state index contributed by atoms with van der Waals surface area (Å²) in [4.78, 5) is 0. The van der Waals surface area contributed by atoms with Crippen LogP contribution >= 0.6 is 11.3 Å². The number of aromatic nitrogens is 4. The van der Waals surface area contributed by atoms with E-state index >= 15 is 0 Å². The van der Waals surface area contributed by atoms with Crippen LogP contribution in [0.15, 0.2) is 194 Å².